The number of nitrogens with one attached hydrogen (secondary N) is 1. The maximum atomic E-state index is 12.3. The van der Waals surface area contributed by atoms with Crippen molar-refractivity contribution in [3.8, 4) is 0 Å². The molecule has 1 aromatic rings. The second-order valence-corrected chi connectivity index (χ2v) is 4.66. The van der Waals surface area contributed by atoms with Gasteiger partial charge in [-0.2, -0.15) is 5.10 Å². The summed E-state index contributed by atoms with van der Waals surface area (Å²) in [6.45, 7) is 3.77. The maximum absolute atomic E-state index is 12.3. The van der Waals surface area contributed by atoms with Crippen LogP contribution in [-0.4, -0.2) is 34.1 Å². The Bertz CT molecular complexity index is 371. The van der Waals surface area contributed by atoms with Gasteiger partial charge in [0, 0.05) is 18.8 Å². The van der Waals surface area contributed by atoms with Crippen molar-refractivity contribution < 1.29 is 4.79 Å². The Morgan fingerprint density at radius 1 is 1.38 bits per heavy atom. The molecule has 88 valence electrons. The molecule has 0 unspecified atom stereocenters. The molecule has 0 radical (unpaired) electrons. The van der Waals surface area contributed by atoms with Gasteiger partial charge in [0.2, 0.25) is 0 Å². The van der Waals surface area contributed by atoms with Crippen molar-refractivity contribution in [2.24, 2.45) is 0 Å². The van der Waals surface area contributed by atoms with Crippen molar-refractivity contribution in [2.45, 2.75) is 45.6 Å². The molecular weight excluding hydrogens is 202 g/mol. The molecule has 16 heavy (non-hydrogen) atoms. The van der Waals surface area contributed by atoms with Gasteiger partial charge in [0.25, 0.3) is 5.91 Å². The molecular formula is C12H19N3O. The summed E-state index contributed by atoms with van der Waals surface area (Å²) in [6.07, 6.45) is 4.76. The van der Waals surface area contributed by atoms with Crippen LogP contribution in [0.2, 0.25) is 0 Å². The Morgan fingerprint density at radius 3 is 2.50 bits per heavy atom. The zero-order chi connectivity index (χ0) is 11.7. The predicted molar refractivity (Wildman–Crippen MR) is 62.4 cm³/mol. The molecule has 1 N–H and O–H groups in total. The Hall–Kier alpha value is -1.32. The second kappa shape index (κ2) is 4.28. The quantitative estimate of drug-likeness (QED) is 0.830. The number of nitrogens with zero attached hydrogens (tertiary/aromatic N) is 2. The lowest BCUT2D eigenvalue weighted by atomic mass is 10.1. The lowest BCUT2D eigenvalue weighted by molar-refractivity contribution is 0.0734. The number of rotatable bonds is 2. The van der Waals surface area contributed by atoms with Gasteiger partial charge in [-0.05, 0) is 26.7 Å². The number of aromatic amines is 1. The number of hydrogen-bond acceptors (Lipinski definition) is 2. The van der Waals surface area contributed by atoms with E-state index in [1.54, 1.807) is 0 Å². The van der Waals surface area contributed by atoms with E-state index in [4.69, 9.17) is 0 Å². The second-order valence-electron chi connectivity index (χ2n) is 4.66. The van der Waals surface area contributed by atoms with Crippen molar-refractivity contribution in [3.63, 3.8) is 0 Å². The van der Waals surface area contributed by atoms with Gasteiger partial charge in [-0.15, -0.1) is 0 Å². The fraction of sp³-hybridized carbons (Fsp3) is 0.667. The Morgan fingerprint density at radius 2 is 2.00 bits per heavy atom. The van der Waals surface area contributed by atoms with Gasteiger partial charge in [-0.25, -0.2) is 0 Å². The summed E-state index contributed by atoms with van der Waals surface area (Å²) in [7, 11) is 1.91. The van der Waals surface area contributed by atoms with Gasteiger partial charge in [0.05, 0.1) is 11.3 Å². The molecule has 0 aliphatic heterocycles. The molecule has 0 saturated heterocycles. The van der Waals surface area contributed by atoms with E-state index in [2.05, 4.69) is 10.2 Å². The Balaban J connectivity index is 2.18. The van der Waals surface area contributed by atoms with Crippen LogP contribution < -0.4 is 0 Å². The first kappa shape index (κ1) is 11.2. The number of aromatic nitrogens is 2. The van der Waals surface area contributed by atoms with E-state index in [0.717, 1.165) is 29.8 Å². The summed E-state index contributed by atoms with van der Waals surface area (Å²) in [4.78, 5) is 14.2. The van der Waals surface area contributed by atoms with E-state index in [1.807, 2.05) is 25.8 Å². The average molecular weight is 221 g/mol. The number of carbonyl (C=O) groups excluding carboxylic acids is 1. The molecule has 1 aromatic heterocycles. The van der Waals surface area contributed by atoms with E-state index < -0.39 is 0 Å². The fourth-order valence-corrected chi connectivity index (χ4v) is 2.50. The molecule has 4 nitrogen and oxygen atoms in total. The van der Waals surface area contributed by atoms with Crippen LogP contribution in [0.25, 0.3) is 0 Å². The Labute approximate surface area is 96.0 Å². The summed E-state index contributed by atoms with van der Waals surface area (Å²) < 4.78 is 0. The molecule has 1 aliphatic carbocycles. The van der Waals surface area contributed by atoms with Crippen molar-refractivity contribution >= 4 is 5.91 Å². The smallest absolute Gasteiger partial charge is 0.257 e. The van der Waals surface area contributed by atoms with Crippen molar-refractivity contribution in [2.75, 3.05) is 7.05 Å². The van der Waals surface area contributed by atoms with Crippen molar-refractivity contribution in [1.82, 2.24) is 15.1 Å². The molecule has 1 aliphatic rings. The lowest BCUT2D eigenvalue weighted by Crippen LogP contribution is -2.35. The van der Waals surface area contributed by atoms with Crippen LogP contribution in [0, 0.1) is 13.8 Å². The molecule has 1 saturated carbocycles. The highest BCUT2D eigenvalue weighted by Gasteiger charge is 2.26. The monoisotopic (exact) mass is 221 g/mol. The maximum Gasteiger partial charge on any atom is 0.257 e. The van der Waals surface area contributed by atoms with Crippen molar-refractivity contribution in [1.29, 1.82) is 0 Å². The van der Waals surface area contributed by atoms with Gasteiger partial charge in [0.15, 0.2) is 0 Å². The normalized spacial score (nSPS) is 16.7. The van der Waals surface area contributed by atoms with Crippen LogP contribution in [0.4, 0.5) is 0 Å². The van der Waals surface area contributed by atoms with E-state index in [9.17, 15) is 4.79 Å². The fourth-order valence-electron chi connectivity index (χ4n) is 2.50. The van der Waals surface area contributed by atoms with Gasteiger partial charge in [-0.1, -0.05) is 12.8 Å². The predicted octanol–water partition coefficient (Wildman–Crippen LogP) is 2.04. The van der Waals surface area contributed by atoms with E-state index >= 15 is 0 Å². The SMILES string of the molecule is Cc1n[nH]c(C)c1C(=O)N(C)C1CCCC1. The lowest BCUT2D eigenvalue weighted by Gasteiger charge is -2.24. The van der Waals surface area contributed by atoms with Crippen LogP contribution in [0.1, 0.15) is 47.4 Å². The highest BCUT2D eigenvalue weighted by atomic mass is 16.2. The molecule has 0 aromatic carbocycles. The zero-order valence-electron chi connectivity index (χ0n) is 10.2. The van der Waals surface area contributed by atoms with Gasteiger partial charge in [-0.3, -0.25) is 9.89 Å². The number of carbonyl (C=O) groups is 1. The van der Waals surface area contributed by atoms with Crippen LogP contribution in [0.15, 0.2) is 0 Å². The van der Waals surface area contributed by atoms with Crippen LogP contribution in [0.5, 0.6) is 0 Å². The van der Waals surface area contributed by atoms with Gasteiger partial charge in [0.1, 0.15) is 0 Å². The minimum Gasteiger partial charge on any atom is -0.339 e. The highest BCUT2D eigenvalue weighted by molar-refractivity contribution is 5.96. The minimum atomic E-state index is 0.107. The van der Waals surface area contributed by atoms with Gasteiger partial charge >= 0.3 is 0 Å². The standard InChI is InChI=1S/C12H19N3O/c1-8-11(9(2)14-13-8)12(16)15(3)10-6-4-5-7-10/h10H,4-7H2,1-3H3,(H,13,14). The summed E-state index contributed by atoms with van der Waals surface area (Å²) in [5.74, 6) is 0.107. The molecule has 0 bridgehead atoms. The first-order valence-corrected chi connectivity index (χ1v) is 5.90. The third kappa shape index (κ3) is 1.84. The summed E-state index contributed by atoms with van der Waals surface area (Å²) in [5, 5.41) is 6.94. The number of H-pyrrole nitrogens is 1. The van der Waals surface area contributed by atoms with Crippen LogP contribution in [-0.2, 0) is 0 Å². The molecule has 2 rings (SSSR count). The first-order valence-electron chi connectivity index (χ1n) is 5.90. The topological polar surface area (TPSA) is 49.0 Å². The largest absolute Gasteiger partial charge is 0.339 e. The average Bonchev–Trinajstić information content (AvgIpc) is 2.87. The van der Waals surface area contributed by atoms with Crippen molar-refractivity contribution in [3.05, 3.63) is 17.0 Å². The van der Waals surface area contributed by atoms with Gasteiger partial charge < -0.3 is 4.90 Å². The third-order valence-corrected chi connectivity index (χ3v) is 3.53. The molecule has 0 atom stereocenters. The highest BCUT2D eigenvalue weighted by Crippen LogP contribution is 2.24. The van der Waals surface area contributed by atoms with E-state index in [-0.39, 0.29) is 5.91 Å². The third-order valence-electron chi connectivity index (χ3n) is 3.53. The summed E-state index contributed by atoms with van der Waals surface area (Å²) in [6, 6.07) is 0.418. The number of hydrogen-bond donors (Lipinski definition) is 1. The van der Waals surface area contributed by atoms with Crippen LogP contribution in [0.3, 0.4) is 0 Å². The first-order chi connectivity index (χ1) is 7.61. The zero-order valence-corrected chi connectivity index (χ0v) is 10.2. The molecule has 1 fully saturated rings. The number of amides is 1. The summed E-state index contributed by atoms with van der Waals surface area (Å²) >= 11 is 0. The molecule has 1 amide bonds. The minimum absolute atomic E-state index is 0.107. The summed E-state index contributed by atoms with van der Waals surface area (Å²) in [5.41, 5.74) is 2.41. The Kier molecular flexibility index (Phi) is 2.99. The molecule has 4 heteroatoms. The van der Waals surface area contributed by atoms with E-state index in [0.29, 0.717) is 6.04 Å². The molecule has 0 spiro atoms. The number of aryl methyl sites for hydroxylation is 2. The van der Waals surface area contributed by atoms with Crippen LogP contribution >= 0.6 is 0 Å². The molecule has 1 heterocycles. The van der Waals surface area contributed by atoms with E-state index in [1.165, 1.54) is 12.8 Å².